The van der Waals surface area contributed by atoms with E-state index in [1.54, 1.807) is 10.7 Å². The third-order valence-corrected chi connectivity index (χ3v) is 5.15. The van der Waals surface area contributed by atoms with Crippen LogP contribution in [0.5, 0.6) is 0 Å². The van der Waals surface area contributed by atoms with E-state index >= 15 is 0 Å². The number of alkyl halides is 1. The molecule has 2 fully saturated rings. The average Bonchev–Trinajstić information content (AvgIpc) is 3.28. The fourth-order valence-corrected chi connectivity index (χ4v) is 3.77. The molecule has 2 aliphatic rings. The summed E-state index contributed by atoms with van der Waals surface area (Å²) < 4.78 is 15.2. The highest BCUT2D eigenvalue weighted by atomic mass is 19.1. The average molecular weight is 355 g/mol. The summed E-state index contributed by atoms with van der Waals surface area (Å²) >= 11 is 0. The first-order chi connectivity index (χ1) is 12.7. The number of rotatable bonds is 3. The Balaban J connectivity index is 1.65. The van der Waals surface area contributed by atoms with Crippen molar-refractivity contribution in [2.45, 2.75) is 50.7 Å². The minimum absolute atomic E-state index is 0.315. The van der Waals surface area contributed by atoms with Gasteiger partial charge in [0.15, 0.2) is 11.5 Å². The number of nitrogens with zero attached hydrogens (tertiary/aromatic N) is 6. The van der Waals surface area contributed by atoms with Crippen LogP contribution in [0.2, 0.25) is 0 Å². The minimum atomic E-state index is -0.807. The van der Waals surface area contributed by atoms with Gasteiger partial charge < -0.3 is 10.2 Å². The number of fused-ring (bicyclic) bond motifs is 1. The van der Waals surface area contributed by atoms with Gasteiger partial charge in [-0.25, -0.2) is 13.9 Å². The van der Waals surface area contributed by atoms with Gasteiger partial charge in [-0.3, -0.25) is 0 Å². The van der Waals surface area contributed by atoms with Crippen LogP contribution < -0.4 is 10.2 Å². The highest BCUT2D eigenvalue weighted by Crippen LogP contribution is 2.21. The number of imidazole rings is 1. The Bertz CT molecular complexity index is 847. The van der Waals surface area contributed by atoms with Crippen LogP contribution in [0.1, 0.15) is 44.2 Å². The lowest BCUT2D eigenvalue weighted by molar-refractivity contribution is 0.364. The maximum atomic E-state index is 13.5. The van der Waals surface area contributed by atoms with Crippen molar-refractivity contribution in [3.8, 4) is 6.19 Å². The van der Waals surface area contributed by atoms with Crippen LogP contribution in [0.15, 0.2) is 23.3 Å². The SMILES string of the molecule is N#C/N=C(\NC1CCCCC1)c1cnc2ccc(N3CCC(F)C3)nn12. The van der Waals surface area contributed by atoms with E-state index in [0.717, 1.165) is 12.8 Å². The van der Waals surface area contributed by atoms with Crippen molar-refractivity contribution in [1.82, 2.24) is 19.9 Å². The number of amidine groups is 1. The number of nitrogens with one attached hydrogen (secondary N) is 1. The first kappa shape index (κ1) is 16.8. The molecule has 1 aliphatic heterocycles. The van der Waals surface area contributed by atoms with Crippen molar-refractivity contribution in [2.24, 2.45) is 4.99 Å². The summed E-state index contributed by atoms with van der Waals surface area (Å²) in [6, 6.07) is 4.04. The van der Waals surface area contributed by atoms with Crippen LogP contribution in [-0.4, -0.2) is 45.7 Å². The fourth-order valence-electron chi connectivity index (χ4n) is 3.77. The van der Waals surface area contributed by atoms with Gasteiger partial charge in [-0.15, -0.1) is 5.10 Å². The number of anilines is 1. The number of hydrogen-bond donors (Lipinski definition) is 1. The lowest BCUT2D eigenvalue weighted by Gasteiger charge is -2.24. The molecule has 26 heavy (non-hydrogen) atoms. The van der Waals surface area contributed by atoms with E-state index in [2.05, 4.69) is 20.4 Å². The lowest BCUT2D eigenvalue weighted by atomic mass is 9.95. The van der Waals surface area contributed by atoms with E-state index in [-0.39, 0.29) is 0 Å². The summed E-state index contributed by atoms with van der Waals surface area (Å²) in [6.45, 7) is 1.02. The molecule has 1 N–H and O–H groups in total. The summed E-state index contributed by atoms with van der Waals surface area (Å²) in [7, 11) is 0. The van der Waals surface area contributed by atoms with Gasteiger partial charge in [0.2, 0.25) is 6.19 Å². The molecule has 0 radical (unpaired) electrons. The Kier molecular flexibility index (Phi) is 4.69. The van der Waals surface area contributed by atoms with Gasteiger partial charge >= 0.3 is 0 Å². The lowest BCUT2D eigenvalue weighted by Crippen LogP contribution is -2.37. The van der Waals surface area contributed by atoms with Gasteiger partial charge in [0.1, 0.15) is 17.7 Å². The fraction of sp³-hybridized carbons (Fsp3) is 0.556. The second-order valence-corrected chi connectivity index (χ2v) is 6.98. The number of aromatic nitrogens is 3. The first-order valence-electron chi connectivity index (χ1n) is 9.22. The van der Waals surface area contributed by atoms with Crippen LogP contribution >= 0.6 is 0 Å². The Morgan fingerprint density at radius 3 is 2.85 bits per heavy atom. The van der Waals surface area contributed by atoms with E-state index in [9.17, 15) is 4.39 Å². The zero-order valence-corrected chi connectivity index (χ0v) is 14.6. The molecule has 1 saturated carbocycles. The van der Waals surface area contributed by atoms with E-state index in [4.69, 9.17) is 5.26 Å². The Hall–Kier alpha value is -2.69. The molecule has 3 heterocycles. The third-order valence-electron chi connectivity index (χ3n) is 5.15. The van der Waals surface area contributed by atoms with Crippen molar-refractivity contribution in [3.05, 3.63) is 24.0 Å². The van der Waals surface area contributed by atoms with Crippen LogP contribution in [0.4, 0.5) is 10.2 Å². The highest BCUT2D eigenvalue weighted by molar-refractivity contribution is 5.98. The Labute approximate surface area is 151 Å². The molecular weight excluding hydrogens is 333 g/mol. The van der Waals surface area contributed by atoms with Crippen LogP contribution in [0.3, 0.4) is 0 Å². The second-order valence-electron chi connectivity index (χ2n) is 6.98. The summed E-state index contributed by atoms with van der Waals surface area (Å²) in [6.07, 6.45) is 9.07. The van der Waals surface area contributed by atoms with Crippen molar-refractivity contribution < 1.29 is 4.39 Å². The standard InChI is InChI=1S/C18H22FN7/c19-13-8-9-25(11-13)17-7-6-16-21-10-15(26(16)24-17)18(22-12-20)23-14-4-2-1-3-5-14/h6-7,10,13-14H,1-5,8-9,11H2,(H,22,23). The molecule has 1 unspecified atom stereocenters. The van der Waals surface area contributed by atoms with E-state index in [1.807, 2.05) is 23.2 Å². The topological polar surface area (TPSA) is 81.6 Å². The number of halogens is 1. The zero-order valence-electron chi connectivity index (χ0n) is 14.6. The van der Waals surface area contributed by atoms with Crippen molar-refractivity contribution >= 4 is 17.3 Å². The molecule has 1 atom stereocenters. The maximum Gasteiger partial charge on any atom is 0.207 e. The van der Waals surface area contributed by atoms with Gasteiger partial charge in [-0.05, 0) is 31.4 Å². The molecule has 1 saturated heterocycles. The largest absolute Gasteiger partial charge is 0.365 e. The molecule has 1 aliphatic carbocycles. The molecule has 0 bridgehead atoms. The molecule has 7 nitrogen and oxygen atoms in total. The van der Waals surface area contributed by atoms with Gasteiger partial charge in [0.25, 0.3) is 0 Å². The predicted molar refractivity (Wildman–Crippen MR) is 96.9 cm³/mol. The number of aliphatic imine (C=N–C) groups is 1. The van der Waals surface area contributed by atoms with E-state index < -0.39 is 6.17 Å². The molecule has 4 rings (SSSR count). The monoisotopic (exact) mass is 355 g/mol. The molecule has 2 aromatic heterocycles. The zero-order chi connectivity index (χ0) is 17.9. The minimum Gasteiger partial charge on any atom is -0.365 e. The van der Waals surface area contributed by atoms with Crippen molar-refractivity contribution in [2.75, 3.05) is 18.0 Å². The Morgan fingerprint density at radius 1 is 1.27 bits per heavy atom. The highest BCUT2D eigenvalue weighted by Gasteiger charge is 2.24. The van der Waals surface area contributed by atoms with Crippen molar-refractivity contribution in [1.29, 1.82) is 5.26 Å². The molecule has 0 spiro atoms. The first-order valence-corrected chi connectivity index (χ1v) is 9.22. The van der Waals surface area contributed by atoms with Gasteiger partial charge in [-0.1, -0.05) is 19.3 Å². The predicted octanol–water partition coefficient (Wildman–Crippen LogP) is 2.43. The summed E-state index contributed by atoms with van der Waals surface area (Å²) in [5.74, 6) is 1.22. The van der Waals surface area contributed by atoms with E-state index in [0.29, 0.717) is 48.5 Å². The summed E-state index contributed by atoms with van der Waals surface area (Å²) in [5.41, 5.74) is 1.33. The quantitative estimate of drug-likeness (QED) is 0.519. The van der Waals surface area contributed by atoms with E-state index in [1.165, 1.54) is 19.3 Å². The van der Waals surface area contributed by atoms with Crippen LogP contribution in [0.25, 0.3) is 5.65 Å². The third kappa shape index (κ3) is 3.34. The summed E-state index contributed by atoms with van der Waals surface area (Å²) in [4.78, 5) is 10.3. The molecule has 136 valence electrons. The normalized spacial score (nSPS) is 21.9. The van der Waals surface area contributed by atoms with Crippen molar-refractivity contribution in [3.63, 3.8) is 0 Å². The van der Waals surface area contributed by atoms with Crippen LogP contribution in [-0.2, 0) is 0 Å². The Morgan fingerprint density at radius 2 is 2.12 bits per heavy atom. The number of hydrogen-bond acceptors (Lipinski definition) is 5. The second kappa shape index (κ2) is 7.28. The van der Waals surface area contributed by atoms with Gasteiger partial charge in [0, 0.05) is 12.6 Å². The smallest absolute Gasteiger partial charge is 0.207 e. The molecule has 0 amide bonds. The molecule has 2 aromatic rings. The molecule has 0 aromatic carbocycles. The molecular formula is C18H22FN7. The van der Waals surface area contributed by atoms with Gasteiger partial charge in [0.05, 0.1) is 12.7 Å². The summed E-state index contributed by atoms with van der Waals surface area (Å²) in [5, 5.41) is 17.1. The maximum absolute atomic E-state index is 13.5. The van der Waals surface area contributed by atoms with Crippen LogP contribution in [0, 0.1) is 11.5 Å². The molecule has 8 heteroatoms. The van der Waals surface area contributed by atoms with Gasteiger partial charge in [-0.2, -0.15) is 10.3 Å². The number of nitriles is 1.